The van der Waals surface area contributed by atoms with Crippen molar-refractivity contribution in [2.75, 3.05) is 0 Å². The van der Waals surface area contributed by atoms with Gasteiger partial charge in [-0.1, -0.05) is 30.9 Å². The van der Waals surface area contributed by atoms with Crippen LogP contribution in [0.15, 0.2) is 49.2 Å². The molecular formula is C11H12N2. The van der Waals surface area contributed by atoms with Crippen LogP contribution in [-0.4, -0.2) is 4.57 Å². The van der Waals surface area contributed by atoms with Gasteiger partial charge in [-0.05, 0) is 17.5 Å². The highest BCUT2D eigenvalue weighted by atomic mass is 15.1. The fourth-order valence-corrected chi connectivity index (χ4v) is 1.48. The summed E-state index contributed by atoms with van der Waals surface area (Å²) in [5.74, 6) is 0. The normalized spacial score (nSPS) is 13.0. The average Bonchev–Trinajstić information content (AvgIpc) is 2.60. The first-order valence-corrected chi connectivity index (χ1v) is 4.26. The van der Waals surface area contributed by atoms with E-state index in [4.69, 9.17) is 5.73 Å². The van der Waals surface area contributed by atoms with E-state index in [0.717, 1.165) is 5.52 Å². The summed E-state index contributed by atoms with van der Waals surface area (Å²) < 4.78 is 2.00. The SMILES string of the molecule is C=CC(N)n1ccc2ccccc21. The van der Waals surface area contributed by atoms with Crippen molar-refractivity contribution in [1.82, 2.24) is 4.57 Å². The summed E-state index contributed by atoms with van der Waals surface area (Å²) in [6.07, 6.45) is 3.57. The smallest absolute Gasteiger partial charge is 0.100 e. The number of rotatable bonds is 2. The molecule has 0 saturated heterocycles. The van der Waals surface area contributed by atoms with Gasteiger partial charge < -0.3 is 10.3 Å². The summed E-state index contributed by atoms with van der Waals surface area (Å²) in [6.45, 7) is 3.68. The molecule has 0 saturated carbocycles. The highest BCUT2D eigenvalue weighted by molar-refractivity contribution is 5.80. The Bertz CT molecular complexity index is 428. The molecule has 0 aliphatic carbocycles. The minimum atomic E-state index is -0.139. The molecule has 13 heavy (non-hydrogen) atoms. The van der Waals surface area contributed by atoms with Crippen LogP contribution >= 0.6 is 0 Å². The maximum absolute atomic E-state index is 5.85. The van der Waals surface area contributed by atoms with E-state index < -0.39 is 0 Å². The van der Waals surface area contributed by atoms with Crippen LogP contribution in [0.3, 0.4) is 0 Å². The van der Waals surface area contributed by atoms with Gasteiger partial charge in [0.1, 0.15) is 6.17 Å². The highest BCUT2D eigenvalue weighted by Gasteiger charge is 2.03. The number of aromatic nitrogens is 1. The Morgan fingerprint density at radius 2 is 2.08 bits per heavy atom. The van der Waals surface area contributed by atoms with E-state index in [-0.39, 0.29) is 6.17 Å². The number of nitrogens with zero attached hydrogens (tertiary/aromatic N) is 1. The van der Waals surface area contributed by atoms with E-state index in [2.05, 4.69) is 24.8 Å². The van der Waals surface area contributed by atoms with Crippen LogP contribution in [0.1, 0.15) is 6.17 Å². The van der Waals surface area contributed by atoms with Crippen LogP contribution < -0.4 is 5.73 Å². The lowest BCUT2D eigenvalue weighted by Crippen LogP contribution is -2.14. The molecule has 2 N–H and O–H groups in total. The molecule has 66 valence electrons. The Kier molecular flexibility index (Phi) is 1.91. The van der Waals surface area contributed by atoms with E-state index in [1.807, 2.05) is 22.9 Å². The van der Waals surface area contributed by atoms with Crippen molar-refractivity contribution in [2.45, 2.75) is 6.17 Å². The summed E-state index contributed by atoms with van der Waals surface area (Å²) in [5.41, 5.74) is 7.00. The van der Waals surface area contributed by atoms with E-state index >= 15 is 0 Å². The molecule has 0 spiro atoms. The Balaban J connectivity index is 2.64. The van der Waals surface area contributed by atoms with Gasteiger partial charge in [-0.3, -0.25) is 0 Å². The summed E-state index contributed by atoms with van der Waals surface area (Å²) >= 11 is 0. The lowest BCUT2D eigenvalue weighted by atomic mass is 10.2. The van der Waals surface area contributed by atoms with E-state index in [1.165, 1.54) is 5.39 Å². The molecular weight excluding hydrogens is 160 g/mol. The van der Waals surface area contributed by atoms with Gasteiger partial charge in [-0.25, -0.2) is 0 Å². The molecule has 1 unspecified atom stereocenters. The van der Waals surface area contributed by atoms with Gasteiger partial charge in [0, 0.05) is 11.7 Å². The van der Waals surface area contributed by atoms with E-state index in [9.17, 15) is 0 Å². The van der Waals surface area contributed by atoms with Crippen LogP contribution in [0.2, 0.25) is 0 Å². The summed E-state index contributed by atoms with van der Waals surface area (Å²) in [6, 6.07) is 10.2. The third-order valence-corrected chi connectivity index (χ3v) is 2.19. The zero-order chi connectivity index (χ0) is 9.26. The van der Waals surface area contributed by atoms with Crippen molar-refractivity contribution in [3.05, 3.63) is 49.2 Å². The van der Waals surface area contributed by atoms with Crippen molar-refractivity contribution in [1.29, 1.82) is 0 Å². The molecule has 1 atom stereocenters. The standard InChI is InChI=1S/C11H12N2/c1-2-11(12)13-8-7-9-5-3-4-6-10(9)13/h2-8,11H,1,12H2. The fraction of sp³-hybridized carbons (Fsp3) is 0.0909. The van der Waals surface area contributed by atoms with Crippen LogP contribution in [0.4, 0.5) is 0 Å². The number of hydrogen-bond acceptors (Lipinski definition) is 1. The third-order valence-electron chi connectivity index (χ3n) is 2.19. The molecule has 1 heterocycles. The molecule has 0 aliphatic heterocycles. The lowest BCUT2D eigenvalue weighted by Gasteiger charge is -2.09. The predicted octanol–water partition coefficient (Wildman–Crippen LogP) is 2.28. The van der Waals surface area contributed by atoms with E-state index in [1.54, 1.807) is 6.08 Å². The first kappa shape index (κ1) is 8.08. The number of para-hydroxylation sites is 1. The first-order valence-electron chi connectivity index (χ1n) is 4.26. The summed E-state index contributed by atoms with van der Waals surface area (Å²) in [4.78, 5) is 0. The fourth-order valence-electron chi connectivity index (χ4n) is 1.48. The molecule has 0 bridgehead atoms. The molecule has 2 heteroatoms. The highest BCUT2D eigenvalue weighted by Crippen LogP contribution is 2.17. The van der Waals surface area contributed by atoms with Gasteiger partial charge in [0.15, 0.2) is 0 Å². The Morgan fingerprint density at radius 1 is 1.31 bits per heavy atom. The van der Waals surface area contributed by atoms with Crippen molar-refractivity contribution in [3.63, 3.8) is 0 Å². The maximum atomic E-state index is 5.85. The maximum Gasteiger partial charge on any atom is 0.100 e. The molecule has 2 aromatic rings. The summed E-state index contributed by atoms with van der Waals surface area (Å²) in [7, 11) is 0. The third kappa shape index (κ3) is 1.25. The second kappa shape index (κ2) is 3.07. The van der Waals surface area contributed by atoms with Gasteiger partial charge in [0.05, 0.1) is 0 Å². The number of nitrogens with two attached hydrogens (primary N) is 1. The van der Waals surface area contributed by atoms with Gasteiger partial charge in [-0.2, -0.15) is 0 Å². The molecule has 0 radical (unpaired) electrons. The molecule has 1 aromatic carbocycles. The Labute approximate surface area is 77.3 Å². The Morgan fingerprint density at radius 3 is 2.85 bits per heavy atom. The van der Waals surface area contributed by atoms with Crippen molar-refractivity contribution in [2.24, 2.45) is 5.73 Å². The van der Waals surface area contributed by atoms with Gasteiger partial charge in [0.2, 0.25) is 0 Å². The molecule has 1 aromatic heterocycles. The van der Waals surface area contributed by atoms with Crippen molar-refractivity contribution >= 4 is 10.9 Å². The average molecular weight is 172 g/mol. The van der Waals surface area contributed by atoms with Crippen LogP contribution in [0.5, 0.6) is 0 Å². The molecule has 0 aliphatic rings. The molecule has 2 rings (SSSR count). The minimum Gasteiger partial charge on any atom is -0.328 e. The second-order valence-electron chi connectivity index (χ2n) is 3.01. The second-order valence-corrected chi connectivity index (χ2v) is 3.01. The molecule has 0 fully saturated rings. The van der Waals surface area contributed by atoms with Crippen molar-refractivity contribution in [3.8, 4) is 0 Å². The minimum absolute atomic E-state index is 0.139. The zero-order valence-corrected chi connectivity index (χ0v) is 7.35. The van der Waals surface area contributed by atoms with Crippen LogP contribution in [0, 0.1) is 0 Å². The zero-order valence-electron chi connectivity index (χ0n) is 7.35. The van der Waals surface area contributed by atoms with Gasteiger partial charge in [-0.15, -0.1) is 0 Å². The molecule has 2 nitrogen and oxygen atoms in total. The largest absolute Gasteiger partial charge is 0.328 e. The Hall–Kier alpha value is -1.54. The van der Waals surface area contributed by atoms with Gasteiger partial charge in [0.25, 0.3) is 0 Å². The van der Waals surface area contributed by atoms with Crippen molar-refractivity contribution < 1.29 is 0 Å². The van der Waals surface area contributed by atoms with Gasteiger partial charge >= 0.3 is 0 Å². The first-order chi connectivity index (χ1) is 6.33. The number of hydrogen-bond donors (Lipinski definition) is 1. The topological polar surface area (TPSA) is 30.9 Å². The summed E-state index contributed by atoms with van der Waals surface area (Å²) in [5, 5.41) is 1.21. The van der Waals surface area contributed by atoms with Crippen LogP contribution in [0.25, 0.3) is 10.9 Å². The van der Waals surface area contributed by atoms with Crippen LogP contribution in [-0.2, 0) is 0 Å². The molecule has 0 amide bonds. The quantitative estimate of drug-likeness (QED) is 0.692. The number of fused-ring (bicyclic) bond motifs is 1. The predicted molar refractivity (Wildman–Crippen MR) is 55.4 cm³/mol. The lowest BCUT2D eigenvalue weighted by molar-refractivity contribution is 0.657. The number of benzene rings is 1. The monoisotopic (exact) mass is 172 g/mol. The van der Waals surface area contributed by atoms with E-state index in [0.29, 0.717) is 0 Å².